The predicted octanol–water partition coefficient (Wildman–Crippen LogP) is 2.11. The monoisotopic (exact) mass is 305 g/mol. The number of anilines is 2. The fourth-order valence-electron chi connectivity index (χ4n) is 1.71. The number of primary amides is 1. The van der Waals surface area contributed by atoms with Gasteiger partial charge in [0.05, 0.1) is 6.54 Å². The molecule has 7 heteroatoms. The first-order valence-electron chi connectivity index (χ1n) is 6.34. The van der Waals surface area contributed by atoms with E-state index in [1.807, 2.05) is 0 Å². The van der Waals surface area contributed by atoms with Crippen LogP contribution in [0.15, 0.2) is 42.5 Å². The van der Waals surface area contributed by atoms with Crippen LogP contribution in [-0.4, -0.2) is 18.4 Å². The van der Waals surface area contributed by atoms with E-state index in [0.29, 0.717) is 11.3 Å². The predicted molar refractivity (Wildman–Crippen MR) is 78.4 cm³/mol. The van der Waals surface area contributed by atoms with Crippen molar-refractivity contribution in [2.45, 2.75) is 0 Å². The number of halogens is 2. The fraction of sp³-hybridized carbons (Fsp3) is 0.0667. The third-order valence-electron chi connectivity index (χ3n) is 2.83. The van der Waals surface area contributed by atoms with Crippen LogP contribution in [0.25, 0.3) is 0 Å². The van der Waals surface area contributed by atoms with Gasteiger partial charge in [0.15, 0.2) is 11.6 Å². The van der Waals surface area contributed by atoms with Crippen LogP contribution >= 0.6 is 0 Å². The molecule has 0 bridgehead atoms. The molecule has 0 spiro atoms. The van der Waals surface area contributed by atoms with E-state index < -0.39 is 23.4 Å². The van der Waals surface area contributed by atoms with Gasteiger partial charge in [-0.05, 0) is 36.4 Å². The van der Waals surface area contributed by atoms with Crippen molar-refractivity contribution in [3.8, 4) is 0 Å². The lowest BCUT2D eigenvalue weighted by Gasteiger charge is -2.08. The van der Waals surface area contributed by atoms with Gasteiger partial charge >= 0.3 is 0 Å². The van der Waals surface area contributed by atoms with Crippen LogP contribution in [0.5, 0.6) is 0 Å². The van der Waals surface area contributed by atoms with Crippen LogP contribution in [0.3, 0.4) is 0 Å². The van der Waals surface area contributed by atoms with Crippen LogP contribution in [0, 0.1) is 11.6 Å². The summed E-state index contributed by atoms with van der Waals surface area (Å²) in [5, 5.41) is 5.25. The maximum atomic E-state index is 13.0. The highest BCUT2D eigenvalue weighted by atomic mass is 19.2. The minimum Gasteiger partial charge on any atom is -0.376 e. The van der Waals surface area contributed by atoms with E-state index in [9.17, 15) is 18.4 Å². The molecule has 2 aromatic rings. The first-order chi connectivity index (χ1) is 10.5. The molecule has 2 amide bonds. The zero-order valence-electron chi connectivity index (χ0n) is 11.4. The molecular formula is C15H13F2N3O2. The maximum Gasteiger partial charge on any atom is 0.248 e. The first kappa shape index (κ1) is 15.4. The minimum absolute atomic E-state index is 0.0745. The Hall–Kier alpha value is -2.96. The topological polar surface area (TPSA) is 84.2 Å². The van der Waals surface area contributed by atoms with Crippen molar-refractivity contribution in [3.05, 3.63) is 59.7 Å². The lowest BCUT2D eigenvalue weighted by molar-refractivity contribution is -0.114. The molecule has 22 heavy (non-hydrogen) atoms. The van der Waals surface area contributed by atoms with Gasteiger partial charge in [0.2, 0.25) is 11.8 Å². The number of nitrogens with two attached hydrogens (primary N) is 1. The largest absolute Gasteiger partial charge is 0.376 e. The van der Waals surface area contributed by atoms with E-state index in [0.717, 1.165) is 12.1 Å². The van der Waals surface area contributed by atoms with Gasteiger partial charge in [-0.2, -0.15) is 0 Å². The first-order valence-corrected chi connectivity index (χ1v) is 6.34. The molecule has 0 radical (unpaired) electrons. The fourth-order valence-corrected chi connectivity index (χ4v) is 1.71. The lowest BCUT2D eigenvalue weighted by atomic mass is 10.2. The van der Waals surface area contributed by atoms with E-state index in [4.69, 9.17) is 5.73 Å². The molecule has 5 nitrogen and oxygen atoms in total. The summed E-state index contributed by atoms with van der Waals surface area (Å²) in [7, 11) is 0. The highest BCUT2D eigenvalue weighted by Gasteiger charge is 2.06. The zero-order chi connectivity index (χ0) is 16.1. The molecule has 114 valence electrons. The number of rotatable bonds is 5. The van der Waals surface area contributed by atoms with Gasteiger partial charge in [0.25, 0.3) is 0 Å². The SMILES string of the molecule is NC(=O)c1ccc(NCC(=O)Nc2ccc(F)c(F)c2)cc1. The standard InChI is InChI=1S/C15H13F2N3O2/c16-12-6-5-11(7-13(12)17)20-14(21)8-19-10-3-1-9(2-4-10)15(18)22/h1-7,19H,8H2,(H2,18,22)(H,20,21). The summed E-state index contributed by atoms with van der Waals surface area (Å²) >= 11 is 0. The van der Waals surface area contributed by atoms with Crippen molar-refractivity contribution in [1.29, 1.82) is 0 Å². The van der Waals surface area contributed by atoms with Gasteiger partial charge in [0, 0.05) is 23.0 Å². The molecule has 0 aromatic heterocycles. The van der Waals surface area contributed by atoms with E-state index in [2.05, 4.69) is 10.6 Å². The van der Waals surface area contributed by atoms with Crippen molar-refractivity contribution in [3.63, 3.8) is 0 Å². The van der Waals surface area contributed by atoms with Crippen molar-refractivity contribution >= 4 is 23.2 Å². The average Bonchev–Trinajstić information content (AvgIpc) is 2.49. The number of carbonyl (C=O) groups is 2. The molecule has 0 aliphatic rings. The minimum atomic E-state index is -1.03. The molecule has 2 rings (SSSR count). The van der Waals surface area contributed by atoms with E-state index >= 15 is 0 Å². The molecule has 0 saturated carbocycles. The van der Waals surface area contributed by atoms with Crippen LogP contribution in [-0.2, 0) is 4.79 Å². The lowest BCUT2D eigenvalue weighted by Crippen LogP contribution is -2.22. The third-order valence-corrected chi connectivity index (χ3v) is 2.83. The molecule has 0 heterocycles. The van der Waals surface area contributed by atoms with Gasteiger partial charge in [-0.25, -0.2) is 8.78 Å². The van der Waals surface area contributed by atoms with E-state index in [1.54, 1.807) is 12.1 Å². The molecule has 0 unspecified atom stereocenters. The average molecular weight is 305 g/mol. The molecule has 0 aliphatic heterocycles. The second kappa shape index (κ2) is 6.66. The molecule has 0 aliphatic carbocycles. The number of benzene rings is 2. The Morgan fingerprint density at radius 2 is 1.59 bits per heavy atom. The van der Waals surface area contributed by atoms with Crippen molar-refractivity contribution in [1.82, 2.24) is 0 Å². The van der Waals surface area contributed by atoms with Crippen LogP contribution in [0.1, 0.15) is 10.4 Å². The Labute approximate surface area is 125 Å². The molecule has 4 N–H and O–H groups in total. The van der Waals surface area contributed by atoms with Gasteiger partial charge < -0.3 is 16.4 Å². The summed E-state index contributed by atoms with van der Waals surface area (Å²) in [5.41, 5.74) is 6.25. The molecule has 0 atom stereocenters. The molecule has 2 aromatic carbocycles. The summed E-state index contributed by atoms with van der Waals surface area (Å²) < 4.78 is 25.8. The van der Waals surface area contributed by atoms with Gasteiger partial charge in [-0.15, -0.1) is 0 Å². The van der Waals surface area contributed by atoms with Crippen molar-refractivity contribution in [2.75, 3.05) is 17.2 Å². The molecule has 0 fully saturated rings. The van der Waals surface area contributed by atoms with Crippen LogP contribution < -0.4 is 16.4 Å². The Balaban J connectivity index is 1.89. The second-order valence-corrected chi connectivity index (χ2v) is 4.47. The summed E-state index contributed by atoms with van der Waals surface area (Å²) in [6.07, 6.45) is 0. The molecule has 0 saturated heterocycles. The molecular weight excluding hydrogens is 292 g/mol. The maximum absolute atomic E-state index is 13.0. The normalized spacial score (nSPS) is 10.1. The Morgan fingerprint density at radius 1 is 0.955 bits per heavy atom. The van der Waals surface area contributed by atoms with Crippen LogP contribution in [0.2, 0.25) is 0 Å². The van der Waals surface area contributed by atoms with Crippen molar-refractivity contribution in [2.24, 2.45) is 5.73 Å². The Bertz CT molecular complexity index is 702. The summed E-state index contributed by atoms with van der Waals surface area (Å²) in [6, 6.07) is 9.35. The zero-order valence-corrected chi connectivity index (χ0v) is 11.4. The highest BCUT2D eigenvalue weighted by molar-refractivity contribution is 5.94. The summed E-state index contributed by atoms with van der Waals surface area (Å²) in [5.74, 6) is -2.98. The van der Waals surface area contributed by atoms with Crippen LogP contribution in [0.4, 0.5) is 20.2 Å². The summed E-state index contributed by atoms with van der Waals surface area (Å²) in [4.78, 5) is 22.6. The van der Waals surface area contributed by atoms with E-state index in [1.165, 1.54) is 18.2 Å². The quantitative estimate of drug-likeness (QED) is 0.791. The number of carbonyl (C=O) groups excluding carboxylic acids is 2. The van der Waals surface area contributed by atoms with Gasteiger partial charge in [-0.3, -0.25) is 9.59 Å². The second-order valence-electron chi connectivity index (χ2n) is 4.47. The Kier molecular flexibility index (Phi) is 4.67. The summed E-state index contributed by atoms with van der Waals surface area (Å²) in [6.45, 7) is -0.0745. The van der Waals surface area contributed by atoms with Crippen molar-refractivity contribution < 1.29 is 18.4 Å². The number of hydrogen-bond donors (Lipinski definition) is 3. The highest BCUT2D eigenvalue weighted by Crippen LogP contribution is 2.13. The number of hydrogen-bond acceptors (Lipinski definition) is 3. The van der Waals surface area contributed by atoms with Gasteiger partial charge in [-0.1, -0.05) is 0 Å². The third kappa shape index (κ3) is 4.02. The number of amides is 2. The number of nitrogens with one attached hydrogen (secondary N) is 2. The van der Waals surface area contributed by atoms with Gasteiger partial charge in [0.1, 0.15) is 0 Å². The Morgan fingerprint density at radius 3 is 2.18 bits per heavy atom. The smallest absolute Gasteiger partial charge is 0.248 e. The van der Waals surface area contributed by atoms with E-state index in [-0.39, 0.29) is 12.2 Å².